The highest BCUT2D eigenvalue weighted by Crippen LogP contribution is 2.24. The molecule has 0 saturated carbocycles. The highest BCUT2D eigenvalue weighted by molar-refractivity contribution is 7.88. The maximum Gasteiger partial charge on any atom is 0.245 e. The summed E-state index contributed by atoms with van der Waals surface area (Å²) in [5, 5.41) is 3.92. The van der Waals surface area contributed by atoms with Crippen LogP contribution in [0, 0.1) is 11.7 Å². The zero-order valence-electron chi connectivity index (χ0n) is 14.8. The Kier molecular flexibility index (Phi) is 5.62. The van der Waals surface area contributed by atoms with Crippen molar-refractivity contribution in [1.29, 1.82) is 0 Å². The molecule has 3 rings (SSSR count). The Morgan fingerprint density at radius 2 is 1.78 bits per heavy atom. The molecule has 1 N–H and O–H groups in total. The van der Waals surface area contributed by atoms with E-state index in [1.807, 2.05) is 13.8 Å². The van der Waals surface area contributed by atoms with Gasteiger partial charge in [0.15, 0.2) is 0 Å². The van der Waals surface area contributed by atoms with Crippen molar-refractivity contribution >= 4 is 10.0 Å². The topological polar surface area (TPSA) is 98.0 Å². The minimum Gasteiger partial charge on any atom is -0.337 e. The van der Waals surface area contributed by atoms with Gasteiger partial charge in [0.2, 0.25) is 21.7 Å². The van der Waals surface area contributed by atoms with E-state index in [4.69, 9.17) is 4.52 Å². The highest BCUT2D eigenvalue weighted by Gasteiger charge is 2.28. The number of sulfonamides is 1. The van der Waals surface area contributed by atoms with Gasteiger partial charge >= 0.3 is 0 Å². The van der Waals surface area contributed by atoms with E-state index in [0.717, 1.165) is 5.56 Å². The second-order valence-corrected chi connectivity index (χ2v) is 8.17. The quantitative estimate of drug-likeness (QED) is 0.666. The van der Waals surface area contributed by atoms with Crippen LogP contribution in [0.25, 0.3) is 11.4 Å². The third-order valence-electron chi connectivity index (χ3n) is 3.89. The summed E-state index contributed by atoms with van der Waals surface area (Å²) < 4.78 is 46.0. The van der Waals surface area contributed by atoms with E-state index in [2.05, 4.69) is 19.8 Å². The van der Waals surface area contributed by atoms with Crippen molar-refractivity contribution in [2.24, 2.45) is 5.92 Å². The molecular weight excluding hydrogens is 371 g/mol. The van der Waals surface area contributed by atoms with E-state index < -0.39 is 21.9 Å². The molecule has 3 aromatic rings. The Morgan fingerprint density at radius 3 is 2.41 bits per heavy atom. The molecule has 7 nitrogen and oxygen atoms in total. The van der Waals surface area contributed by atoms with Crippen LogP contribution in [0.3, 0.4) is 0 Å². The summed E-state index contributed by atoms with van der Waals surface area (Å²) in [5.41, 5.74) is 1.20. The summed E-state index contributed by atoms with van der Waals surface area (Å²) in [6.07, 6.45) is 3.22. The smallest absolute Gasteiger partial charge is 0.245 e. The van der Waals surface area contributed by atoms with Gasteiger partial charge in [0.25, 0.3) is 0 Å². The Bertz CT molecular complexity index is 989. The normalized spacial score (nSPS) is 13.0. The summed E-state index contributed by atoms with van der Waals surface area (Å²) in [5.74, 6) is -0.283. The van der Waals surface area contributed by atoms with E-state index in [9.17, 15) is 12.8 Å². The van der Waals surface area contributed by atoms with Crippen LogP contribution in [0.4, 0.5) is 4.39 Å². The molecule has 1 aromatic carbocycles. The molecule has 0 radical (unpaired) electrons. The average molecular weight is 390 g/mol. The van der Waals surface area contributed by atoms with Crippen molar-refractivity contribution in [1.82, 2.24) is 19.8 Å². The molecule has 0 saturated heterocycles. The first-order valence-electron chi connectivity index (χ1n) is 8.32. The second kappa shape index (κ2) is 7.93. The fourth-order valence-electron chi connectivity index (χ4n) is 2.49. The van der Waals surface area contributed by atoms with E-state index in [0.29, 0.717) is 11.4 Å². The molecule has 27 heavy (non-hydrogen) atoms. The molecule has 9 heteroatoms. The van der Waals surface area contributed by atoms with Gasteiger partial charge in [0.1, 0.15) is 11.9 Å². The van der Waals surface area contributed by atoms with Gasteiger partial charge in [-0.1, -0.05) is 31.1 Å². The van der Waals surface area contributed by atoms with Gasteiger partial charge in [-0.25, -0.2) is 17.5 Å². The Balaban J connectivity index is 1.79. The fraction of sp³-hybridized carbons (Fsp3) is 0.278. The van der Waals surface area contributed by atoms with Crippen molar-refractivity contribution in [3.05, 3.63) is 66.1 Å². The molecule has 0 fully saturated rings. The number of aromatic nitrogens is 3. The molecular formula is C18H19FN4O3S. The van der Waals surface area contributed by atoms with E-state index in [1.165, 1.54) is 24.3 Å². The van der Waals surface area contributed by atoms with E-state index in [1.54, 1.807) is 24.5 Å². The van der Waals surface area contributed by atoms with Gasteiger partial charge < -0.3 is 4.52 Å². The van der Waals surface area contributed by atoms with Gasteiger partial charge in [-0.05, 0) is 35.7 Å². The Labute approximate surface area is 156 Å². The molecule has 2 heterocycles. The summed E-state index contributed by atoms with van der Waals surface area (Å²) in [4.78, 5) is 8.26. The first-order valence-corrected chi connectivity index (χ1v) is 9.98. The fourth-order valence-corrected chi connectivity index (χ4v) is 3.96. The van der Waals surface area contributed by atoms with Gasteiger partial charge in [0.05, 0.1) is 5.75 Å². The summed E-state index contributed by atoms with van der Waals surface area (Å²) >= 11 is 0. The van der Waals surface area contributed by atoms with Crippen molar-refractivity contribution < 1.29 is 17.3 Å². The van der Waals surface area contributed by atoms with Crippen LogP contribution in [-0.2, 0) is 15.8 Å². The van der Waals surface area contributed by atoms with Crippen LogP contribution in [0.2, 0.25) is 0 Å². The number of nitrogens with zero attached hydrogens (tertiary/aromatic N) is 3. The summed E-state index contributed by atoms with van der Waals surface area (Å²) in [7, 11) is -3.71. The standard InChI is InChI=1S/C18H19FN4O3S/c1-12(2)16(18-21-17(22-26-18)14-7-9-20-10-8-14)23-27(24,25)11-13-3-5-15(19)6-4-13/h3-10,12,16,23H,11H2,1-2H3. The van der Waals surface area contributed by atoms with Gasteiger partial charge in [-0.15, -0.1) is 0 Å². The average Bonchev–Trinajstić information content (AvgIpc) is 3.12. The zero-order valence-corrected chi connectivity index (χ0v) is 15.6. The van der Waals surface area contributed by atoms with Crippen LogP contribution in [0.15, 0.2) is 53.3 Å². The lowest BCUT2D eigenvalue weighted by Crippen LogP contribution is -2.33. The van der Waals surface area contributed by atoms with E-state index in [-0.39, 0.29) is 17.6 Å². The number of halogens is 1. The Hall–Kier alpha value is -2.65. The first kappa shape index (κ1) is 19.1. The number of pyridine rings is 1. The van der Waals surface area contributed by atoms with Crippen molar-refractivity contribution in [2.75, 3.05) is 0 Å². The van der Waals surface area contributed by atoms with Gasteiger partial charge in [-0.3, -0.25) is 4.98 Å². The predicted octanol–water partition coefficient (Wildman–Crippen LogP) is 3.09. The van der Waals surface area contributed by atoms with Crippen LogP contribution < -0.4 is 4.72 Å². The molecule has 0 amide bonds. The maximum absolute atomic E-state index is 13.0. The lowest BCUT2D eigenvalue weighted by molar-refractivity contribution is 0.311. The molecule has 0 aliphatic heterocycles. The molecule has 0 aliphatic rings. The summed E-state index contributed by atoms with van der Waals surface area (Å²) in [6, 6.07) is 8.11. The largest absolute Gasteiger partial charge is 0.337 e. The molecule has 0 bridgehead atoms. The number of hydrogen-bond acceptors (Lipinski definition) is 6. The number of hydrogen-bond donors (Lipinski definition) is 1. The van der Waals surface area contributed by atoms with Crippen molar-refractivity contribution in [3.63, 3.8) is 0 Å². The zero-order chi connectivity index (χ0) is 19.4. The first-order chi connectivity index (χ1) is 12.8. The number of rotatable bonds is 7. The lowest BCUT2D eigenvalue weighted by Gasteiger charge is -2.18. The number of benzene rings is 1. The third-order valence-corrected chi connectivity index (χ3v) is 5.22. The molecule has 0 aliphatic carbocycles. The SMILES string of the molecule is CC(C)C(NS(=O)(=O)Cc1ccc(F)cc1)c1nc(-c2ccncc2)no1. The number of nitrogens with one attached hydrogen (secondary N) is 1. The maximum atomic E-state index is 13.0. The molecule has 142 valence electrons. The minimum atomic E-state index is -3.71. The van der Waals surface area contributed by atoms with Crippen LogP contribution in [-0.4, -0.2) is 23.5 Å². The molecule has 1 atom stereocenters. The molecule has 1 unspecified atom stereocenters. The van der Waals surface area contributed by atoms with Crippen LogP contribution in [0.1, 0.15) is 31.3 Å². The molecule has 2 aromatic heterocycles. The van der Waals surface area contributed by atoms with Crippen molar-refractivity contribution in [3.8, 4) is 11.4 Å². The minimum absolute atomic E-state index is 0.126. The van der Waals surface area contributed by atoms with Crippen LogP contribution >= 0.6 is 0 Å². The predicted molar refractivity (Wildman–Crippen MR) is 97.3 cm³/mol. The Morgan fingerprint density at radius 1 is 1.11 bits per heavy atom. The van der Waals surface area contributed by atoms with Crippen molar-refractivity contribution in [2.45, 2.75) is 25.6 Å². The van der Waals surface area contributed by atoms with Gasteiger partial charge in [-0.2, -0.15) is 4.98 Å². The van der Waals surface area contributed by atoms with E-state index >= 15 is 0 Å². The van der Waals surface area contributed by atoms with Crippen LogP contribution in [0.5, 0.6) is 0 Å². The third kappa shape index (κ3) is 4.95. The summed E-state index contributed by atoms with van der Waals surface area (Å²) in [6.45, 7) is 3.70. The van der Waals surface area contributed by atoms with Gasteiger partial charge in [0, 0.05) is 18.0 Å². The second-order valence-electron chi connectivity index (χ2n) is 6.42. The highest BCUT2D eigenvalue weighted by atomic mass is 32.2. The molecule has 0 spiro atoms. The monoisotopic (exact) mass is 390 g/mol. The lowest BCUT2D eigenvalue weighted by atomic mass is 10.1.